The molecule has 0 aliphatic carbocycles. The van der Waals surface area contributed by atoms with Gasteiger partial charge in [0.2, 0.25) is 0 Å². The smallest absolute Gasteiger partial charge is 0.124 e. The van der Waals surface area contributed by atoms with E-state index in [2.05, 4.69) is 22.3 Å². The SMILES string of the molecule is CCOc1ccccc1Cn1cc(-c2cnn(Cc3ccccc3OCC)c2)cn1. The van der Waals surface area contributed by atoms with E-state index in [0.29, 0.717) is 26.3 Å². The Kier molecular flexibility index (Phi) is 6.13. The first-order valence-electron chi connectivity index (χ1n) is 10.2. The topological polar surface area (TPSA) is 54.1 Å². The van der Waals surface area contributed by atoms with Crippen LogP contribution in [0.4, 0.5) is 0 Å². The molecule has 4 aromatic rings. The molecule has 0 radical (unpaired) electrons. The standard InChI is InChI=1S/C24H26N4O2/c1-3-29-23-11-7-5-9-19(23)15-27-17-21(13-25-27)22-14-26-28(18-22)16-20-10-6-8-12-24(20)30-4-2/h5-14,17-18H,3-4,15-16H2,1-2H3. The van der Waals surface area contributed by atoms with Crippen molar-refractivity contribution in [3.8, 4) is 22.6 Å². The van der Waals surface area contributed by atoms with Gasteiger partial charge in [-0.2, -0.15) is 10.2 Å². The predicted molar refractivity (Wildman–Crippen MR) is 117 cm³/mol. The van der Waals surface area contributed by atoms with Crippen molar-refractivity contribution in [2.45, 2.75) is 26.9 Å². The zero-order valence-electron chi connectivity index (χ0n) is 17.4. The van der Waals surface area contributed by atoms with E-state index in [1.807, 2.05) is 84.4 Å². The van der Waals surface area contributed by atoms with Gasteiger partial charge in [0.1, 0.15) is 11.5 Å². The third-order valence-electron chi connectivity index (χ3n) is 4.81. The van der Waals surface area contributed by atoms with Crippen LogP contribution in [0.3, 0.4) is 0 Å². The van der Waals surface area contributed by atoms with Crippen molar-refractivity contribution in [3.05, 3.63) is 84.4 Å². The molecule has 0 bridgehead atoms. The first-order valence-corrected chi connectivity index (χ1v) is 10.2. The summed E-state index contributed by atoms with van der Waals surface area (Å²) in [6.07, 6.45) is 7.83. The van der Waals surface area contributed by atoms with Crippen LogP contribution in [-0.2, 0) is 13.1 Å². The highest BCUT2D eigenvalue weighted by atomic mass is 16.5. The Labute approximate surface area is 176 Å². The lowest BCUT2D eigenvalue weighted by Gasteiger charge is -2.09. The summed E-state index contributed by atoms with van der Waals surface area (Å²) in [6, 6.07) is 16.1. The Bertz CT molecular complexity index is 1010. The molecule has 0 atom stereocenters. The van der Waals surface area contributed by atoms with E-state index in [1.165, 1.54) is 0 Å². The van der Waals surface area contributed by atoms with Gasteiger partial charge in [0.15, 0.2) is 0 Å². The van der Waals surface area contributed by atoms with Gasteiger partial charge < -0.3 is 9.47 Å². The molecule has 4 rings (SSSR count). The minimum atomic E-state index is 0.646. The minimum Gasteiger partial charge on any atom is -0.494 e. The molecule has 0 saturated heterocycles. The minimum absolute atomic E-state index is 0.646. The van der Waals surface area contributed by atoms with Crippen LogP contribution in [0.25, 0.3) is 11.1 Å². The molecular weight excluding hydrogens is 376 g/mol. The second-order valence-electron chi connectivity index (χ2n) is 6.93. The summed E-state index contributed by atoms with van der Waals surface area (Å²) < 4.78 is 15.3. The molecule has 0 spiro atoms. The van der Waals surface area contributed by atoms with Crippen molar-refractivity contribution < 1.29 is 9.47 Å². The maximum atomic E-state index is 5.72. The maximum Gasteiger partial charge on any atom is 0.124 e. The molecule has 2 heterocycles. The van der Waals surface area contributed by atoms with Crippen LogP contribution >= 0.6 is 0 Å². The van der Waals surface area contributed by atoms with Crippen LogP contribution in [0.15, 0.2) is 73.3 Å². The number of hydrogen-bond donors (Lipinski definition) is 0. The maximum absolute atomic E-state index is 5.72. The Morgan fingerprint density at radius 1 is 0.667 bits per heavy atom. The van der Waals surface area contributed by atoms with Crippen molar-refractivity contribution in [2.24, 2.45) is 0 Å². The van der Waals surface area contributed by atoms with Crippen molar-refractivity contribution in [1.29, 1.82) is 0 Å². The molecule has 154 valence electrons. The normalized spacial score (nSPS) is 10.9. The largest absolute Gasteiger partial charge is 0.494 e. The lowest BCUT2D eigenvalue weighted by Crippen LogP contribution is -2.03. The summed E-state index contributed by atoms with van der Waals surface area (Å²) in [5, 5.41) is 9.05. The van der Waals surface area contributed by atoms with E-state index in [0.717, 1.165) is 33.8 Å². The van der Waals surface area contributed by atoms with Crippen LogP contribution in [0.1, 0.15) is 25.0 Å². The van der Waals surface area contributed by atoms with Crippen LogP contribution in [0.5, 0.6) is 11.5 Å². The van der Waals surface area contributed by atoms with Gasteiger partial charge in [0.25, 0.3) is 0 Å². The van der Waals surface area contributed by atoms with E-state index in [-0.39, 0.29) is 0 Å². The Hall–Kier alpha value is -3.54. The van der Waals surface area contributed by atoms with Crippen molar-refractivity contribution >= 4 is 0 Å². The molecule has 0 amide bonds. The predicted octanol–water partition coefficient (Wildman–Crippen LogP) is 4.64. The number of rotatable bonds is 9. The van der Waals surface area contributed by atoms with Gasteiger partial charge in [-0.3, -0.25) is 9.36 Å². The van der Waals surface area contributed by atoms with Crippen molar-refractivity contribution in [3.63, 3.8) is 0 Å². The van der Waals surface area contributed by atoms with E-state index in [1.54, 1.807) is 0 Å². The average Bonchev–Trinajstić information content (AvgIpc) is 3.41. The van der Waals surface area contributed by atoms with Crippen molar-refractivity contribution in [2.75, 3.05) is 13.2 Å². The lowest BCUT2D eigenvalue weighted by molar-refractivity contribution is 0.335. The van der Waals surface area contributed by atoms with E-state index < -0.39 is 0 Å². The molecule has 6 nitrogen and oxygen atoms in total. The fourth-order valence-corrected chi connectivity index (χ4v) is 3.41. The molecule has 0 aliphatic heterocycles. The number of hydrogen-bond acceptors (Lipinski definition) is 4. The Morgan fingerprint density at radius 2 is 1.10 bits per heavy atom. The lowest BCUT2D eigenvalue weighted by atomic mass is 10.2. The van der Waals surface area contributed by atoms with Crippen LogP contribution in [0.2, 0.25) is 0 Å². The highest BCUT2D eigenvalue weighted by Gasteiger charge is 2.09. The van der Waals surface area contributed by atoms with Gasteiger partial charge in [0.05, 0.1) is 38.7 Å². The molecular formula is C24H26N4O2. The van der Waals surface area contributed by atoms with Crippen LogP contribution in [0, 0.1) is 0 Å². The second kappa shape index (κ2) is 9.31. The summed E-state index contributed by atoms with van der Waals surface area (Å²) >= 11 is 0. The van der Waals surface area contributed by atoms with Gasteiger partial charge in [-0.15, -0.1) is 0 Å². The van der Waals surface area contributed by atoms with Crippen molar-refractivity contribution in [1.82, 2.24) is 19.6 Å². The zero-order valence-corrected chi connectivity index (χ0v) is 17.4. The molecule has 0 unspecified atom stereocenters. The van der Waals surface area contributed by atoms with Gasteiger partial charge in [0, 0.05) is 34.6 Å². The zero-order chi connectivity index (χ0) is 20.8. The first-order chi connectivity index (χ1) is 14.8. The summed E-state index contributed by atoms with van der Waals surface area (Å²) in [4.78, 5) is 0. The summed E-state index contributed by atoms with van der Waals surface area (Å²) in [5.74, 6) is 1.80. The fraction of sp³-hybridized carbons (Fsp3) is 0.250. The summed E-state index contributed by atoms with van der Waals surface area (Å²) in [6.45, 7) is 6.60. The quantitative estimate of drug-likeness (QED) is 0.409. The van der Waals surface area contributed by atoms with Gasteiger partial charge >= 0.3 is 0 Å². The second-order valence-corrected chi connectivity index (χ2v) is 6.93. The average molecular weight is 402 g/mol. The number of nitrogens with zero attached hydrogens (tertiary/aromatic N) is 4. The first kappa shape index (κ1) is 19.8. The van der Waals surface area contributed by atoms with Gasteiger partial charge in [-0.25, -0.2) is 0 Å². The Morgan fingerprint density at radius 3 is 1.53 bits per heavy atom. The summed E-state index contributed by atoms with van der Waals surface area (Å²) in [7, 11) is 0. The highest BCUT2D eigenvalue weighted by Crippen LogP contribution is 2.23. The van der Waals surface area contributed by atoms with E-state index >= 15 is 0 Å². The monoisotopic (exact) mass is 402 g/mol. The number of aromatic nitrogens is 4. The molecule has 2 aromatic carbocycles. The molecule has 0 N–H and O–H groups in total. The van der Waals surface area contributed by atoms with Crippen LogP contribution < -0.4 is 9.47 Å². The Balaban J connectivity index is 1.48. The molecule has 0 fully saturated rings. The third kappa shape index (κ3) is 4.54. The van der Waals surface area contributed by atoms with E-state index in [4.69, 9.17) is 9.47 Å². The number of ether oxygens (including phenoxy) is 2. The van der Waals surface area contributed by atoms with Gasteiger partial charge in [-0.05, 0) is 26.0 Å². The summed E-state index contributed by atoms with van der Waals surface area (Å²) in [5.41, 5.74) is 4.29. The molecule has 0 aliphatic rings. The number of para-hydroxylation sites is 2. The molecule has 2 aromatic heterocycles. The third-order valence-corrected chi connectivity index (χ3v) is 4.81. The fourth-order valence-electron chi connectivity index (χ4n) is 3.41. The van der Waals surface area contributed by atoms with Crippen LogP contribution in [-0.4, -0.2) is 32.8 Å². The highest BCUT2D eigenvalue weighted by molar-refractivity contribution is 5.59. The number of benzene rings is 2. The molecule has 0 saturated carbocycles. The molecule has 30 heavy (non-hydrogen) atoms. The van der Waals surface area contributed by atoms with E-state index in [9.17, 15) is 0 Å². The molecule has 6 heteroatoms. The van der Waals surface area contributed by atoms with Gasteiger partial charge in [-0.1, -0.05) is 36.4 Å².